The van der Waals surface area contributed by atoms with Gasteiger partial charge in [-0.25, -0.2) is 0 Å². The Morgan fingerprint density at radius 1 is 0.679 bits per heavy atom. The third kappa shape index (κ3) is 4.08. The van der Waals surface area contributed by atoms with Crippen LogP contribution in [-0.2, 0) is 32.2 Å². The number of ether oxygens (including phenoxy) is 2. The number of cyclic esters (lactones) is 2. The molecule has 2 aromatic rings. The molecule has 0 spiro atoms. The molecule has 0 amide bonds. The molecule has 0 aromatic heterocycles. The standard InChI is InChI=1S/C22H24N2O4/c25-21-19(23(11-13-27-21)15-17-7-3-1-4-8-17)20-22(26)28-14-12-24(20)16-18-9-5-2-6-10-18/h1-10,19-20H,11-16H2. The Hall–Kier alpha value is -2.70. The minimum Gasteiger partial charge on any atom is -0.463 e. The van der Waals surface area contributed by atoms with Gasteiger partial charge in [-0.1, -0.05) is 60.7 Å². The lowest BCUT2D eigenvalue weighted by Gasteiger charge is -2.43. The molecule has 0 N–H and O–H groups in total. The first-order valence-corrected chi connectivity index (χ1v) is 9.61. The second kappa shape index (κ2) is 8.54. The van der Waals surface area contributed by atoms with Crippen LogP contribution in [-0.4, -0.2) is 60.1 Å². The summed E-state index contributed by atoms with van der Waals surface area (Å²) in [6, 6.07) is 18.6. The number of hydrogen-bond acceptors (Lipinski definition) is 6. The van der Waals surface area contributed by atoms with Crippen molar-refractivity contribution in [3.05, 3.63) is 71.8 Å². The summed E-state index contributed by atoms with van der Waals surface area (Å²) in [5.74, 6) is -0.715. The highest BCUT2D eigenvalue weighted by Crippen LogP contribution is 2.24. The van der Waals surface area contributed by atoms with Crippen molar-refractivity contribution in [3.8, 4) is 0 Å². The molecule has 2 heterocycles. The number of hydrogen-bond donors (Lipinski definition) is 0. The van der Waals surface area contributed by atoms with E-state index in [4.69, 9.17) is 9.47 Å². The van der Waals surface area contributed by atoms with Crippen LogP contribution in [0.4, 0.5) is 0 Å². The van der Waals surface area contributed by atoms with E-state index in [1.807, 2.05) is 70.5 Å². The van der Waals surface area contributed by atoms with Crippen LogP contribution in [0.1, 0.15) is 11.1 Å². The smallest absolute Gasteiger partial charge is 0.325 e. The van der Waals surface area contributed by atoms with Gasteiger partial charge in [-0.05, 0) is 11.1 Å². The molecule has 0 saturated carbocycles. The molecule has 4 rings (SSSR count). The topological polar surface area (TPSA) is 59.1 Å². The van der Waals surface area contributed by atoms with Gasteiger partial charge in [0.05, 0.1) is 0 Å². The normalized spacial score (nSPS) is 23.9. The molecule has 0 bridgehead atoms. The third-order valence-electron chi connectivity index (χ3n) is 5.27. The Bertz CT molecular complexity index is 742. The molecule has 6 nitrogen and oxygen atoms in total. The summed E-state index contributed by atoms with van der Waals surface area (Å²) in [6.07, 6.45) is 0. The first kappa shape index (κ1) is 18.7. The molecule has 0 aliphatic carbocycles. The van der Waals surface area contributed by atoms with Gasteiger partial charge in [-0.3, -0.25) is 19.4 Å². The number of benzene rings is 2. The molecular formula is C22H24N2O4. The predicted molar refractivity (Wildman–Crippen MR) is 103 cm³/mol. The fourth-order valence-corrected chi connectivity index (χ4v) is 3.92. The monoisotopic (exact) mass is 380 g/mol. The van der Waals surface area contributed by atoms with Gasteiger partial charge in [0.15, 0.2) is 0 Å². The van der Waals surface area contributed by atoms with Crippen LogP contribution in [0.2, 0.25) is 0 Å². The van der Waals surface area contributed by atoms with Gasteiger partial charge in [-0.2, -0.15) is 0 Å². The van der Waals surface area contributed by atoms with Crippen LogP contribution in [0, 0.1) is 0 Å². The van der Waals surface area contributed by atoms with Crippen molar-refractivity contribution in [2.45, 2.75) is 25.2 Å². The lowest BCUT2D eigenvalue weighted by molar-refractivity contribution is -0.177. The van der Waals surface area contributed by atoms with E-state index in [1.165, 1.54) is 0 Å². The molecule has 146 valence electrons. The SMILES string of the molecule is O=C1OCCN(Cc2ccccc2)C1C1C(=O)OCCN1Cc1ccccc1. The average molecular weight is 380 g/mol. The van der Waals surface area contributed by atoms with E-state index in [-0.39, 0.29) is 11.9 Å². The highest BCUT2D eigenvalue weighted by molar-refractivity contribution is 5.88. The van der Waals surface area contributed by atoms with Gasteiger partial charge in [0.2, 0.25) is 0 Å². The summed E-state index contributed by atoms with van der Waals surface area (Å²) in [7, 11) is 0. The van der Waals surface area contributed by atoms with Crippen molar-refractivity contribution < 1.29 is 19.1 Å². The molecule has 2 unspecified atom stereocenters. The highest BCUT2D eigenvalue weighted by Gasteiger charge is 2.47. The fourth-order valence-electron chi connectivity index (χ4n) is 3.92. The van der Waals surface area contributed by atoms with Gasteiger partial charge in [-0.15, -0.1) is 0 Å². The van der Waals surface area contributed by atoms with E-state index in [0.29, 0.717) is 39.4 Å². The molecular weight excluding hydrogens is 356 g/mol. The number of nitrogens with zero attached hydrogens (tertiary/aromatic N) is 2. The lowest BCUT2D eigenvalue weighted by atomic mass is 10.00. The van der Waals surface area contributed by atoms with Crippen molar-refractivity contribution in [2.75, 3.05) is 26.3 Å². The van der Waals surface area contributed by atoms with Crippen LogP contribution in [0.3, 0.4) is 0 Å². The number of carbonyl (C=O) groups excluding carboxylic acids is 2. The largest absolute Gasteiger partial charge is 0.463 e. The van der Waals surface area contributed by atoms with E-state index < -0.39 is 12.1 Å². The van der Waals surface area contributed by atoms with Crippen molar-refractivity contribution >= 4 is 11.9 Å². The molecule has 2 fully saturated rings. The van der Waals surface area contributed by atoms with Crippen LogP contribution >= 0.6 is 0 Å². The quantitative estimate of drug-likeness (QED) is 0.738. The number of morpholine rings is 2. The van der Waals surface area contributed by atoms with Gasteiger partial charge in [0.1, 0.15) is 25.3 Å². The van der Waals surface area contributed by atoms with Crippen LogP contribution in [0.25, 0.3) is 0 Å². The summed E-state index contributed by atoms with van der Waals surface area (Å²) in [5.41, 5.74) is 2.20. The molecule has 2 saturated heterocycles. The second-order valence-electron chi connectivity index (χ2n) is 7.14. The van der Waals surface area contributed by atoms with Gasteiger partial charge < -0.3 is 9.47 Å². The molecule has 2 aliphatic rings. The van der Waals surface area contributed by atoms with Crippen LogP contribution in [0.5, 0.6) is 0 Å². The molecule has 28 heavy (non-hydrogen) atoms. The van der Waals surface area contributed by atoms with E-state index in [0.717, 1.165) is 11.1 Å². The average Bonchev–Trinajstić information content (AvgIpc) is 2.71. The second-order valence-corrected chi connectivity index (χ2v) is 7.14. The zero-order valence-corrected chi connectivity index (χ0v) is 15.7. The minimum atomic E-state index is -0.675. The maximum absolute atomic E-state index is 12.7. The molecule has 0 radical (unpaired) electrons. The predicted octanol–water partition coefficient (Wildman–Crippen LogP) is 1.84. The van der Waals surface area contributed by atoms with Crippen molar-refractivity contribution in [3.63, 3.8) is 0 Å². The zero-order chi connectivity index (χ0) is 19.3. The van der Waals surface area contributed by atoms with Crippen LogP contribution < -0.4 is 0 Å². The summed E-state index contributed by atoms with van der Waals surface area (Å²) >= 11 is 0. The number of rotatable bonds is 5. The van der Waals surface area contributed by atoms with Crippen LogP contribution in [0.15, 0.2) is 60.7 Å². The minimum absolute atomic E-state index is 0.336. The maximum Gasteiger partial charge on any atom is 0.325 e. The van der Waals surface area contributed by atoms with Gasteiger partial charge in [0.25, 0.3) is 0 Å². The number of esters is 2. The highest BCUT2D eigenvalue weighted by atomic mass is 16.5. The molecule has 2 aliphatic heterocycles. The summed E-state index contributed by atoms with van der Waals surface area (Å²) in [6.45, 7) is 3.03. The summed E-state index contributed by atoms with van der Waals surface area (Å²) < 4.78 is 10.7. The van der Waals surface area contributed by atoms with Crippen molar-refractivity contribution in [1.29, 1.82) is 0 Å². The molecule has 2 aromatic carbocycles. The number of carbonyl (C=O) groups is 2. The van der Waals surface area contributed by atoms with Gasteiger partial charge in [0, 0.05) is 26.2 Å². The third-order valence-corrected chi connectivity index (χ3v) is 5.27. The van der Waals surface area contributed by atoms with Crippen molar-refractivity contribution in [2.24, 2.45) is 0 Å². The fraction of sp³-hybridized carbons (Fsp3) is 0.364. The Labute approximate surface area is 164 Å². The summed E-state index contributed by atoms with van der Waals surface area (Å²) in [4.78, 5) is 29.6. The van der Waals surface area contributed by atoms with Crippen molar-refractivity contribution in [1.82, 2.24) is 9.80 Å². The van der Waals surface area contributed by atoms with E-state index in [1.54, 1.807) is 0 Å². The first-order chi connectivity index (χ1) is 13.7. The van der Waals surface area contributed by atoms with E-state index in [9.17, 15) is 9.59 Å². The van der Waals surface area contributed by atoms with E-state index in [2.05, 4.69) is 0 Å². The zero-order valence-electron chi connectivity index (χ0n) is 15.7. The molecule has 6 heteroatoms. The van der Waals surface area contributed by atoms with Gasteiger partial charge >= 0.3 is 11.9 Å². The Morgan fingerprint density at radius 3 is 1.46 bits per heavy atom. The Balaban J connectivity index is 1.60. The first-order valence-electron chi connectivity index (χ1n) is 9.61. The Kier molecular flexibility index (Phi) is 5.69. The lowest BCUT2D eigenvalue weighted by Crippen LogP contribution is -2.64. The van der Waals surface area contributed by atoms with E-state index >= 15 is 0 Å². The Morgan fingerprint density at radius 2 is 1.07 bits per heavy atom. The summed E-state index contributed by atoms with van der Waals surface area (Å²) in [5, 5.41) is 0. The molecule has 2 atom stereocenters. The maximum atomic E-state index is 12.7.